The maximum atomic E-state index is 13.0. The summed E-state index contributed by atoms with van der Waals surface area (Å²) in [5.41, 5.74) is 1.45. The van der Waals surface area contributed by atoms with E-state index in [1.54, 1.807) is 11.8 Å². The predicted octanol–water partition coefficient (Wildman–Crippen LogP) is -0.0936. The van der Waals surface area contributed by atoms with Crippen molar-refractivity contribution in [1.29, 1.82) is 0 Å². The van der Waals surface area contributed by atoms with Crippen molar-refractivity contribution in [2.24, 2.45) is 5.84 Å². The molecule has 0 bridgehead atoms. The summed E-state index contributed by atoms with van der Waals surface area (Å²) >= 11 is 1.56. The first-order valence-electron chi connectivity index (χ1n) is 4.00. The van der Waals surface area contributed by atoms with Gasteiger partial charge in [-0.2, -0.15) is 20.5 Å². The summed E-state index contributed by atoms with van der Waals surface area (Å²) in [6, 6.07) is 0. The van der Waals surface area contributed by atoms with Crippen LogP contribution in [-0.2, 0) is 4.79 Å². The quantitative estimate of drug-likeness (QED) is 0.378. The molecule has 0 aliphatic carbocycles. The number of carbonyl (C=O) groups excluding carboxylic acids is 1. The molecule has 1 amide bonds. The molecule has 0 fully saturated rings. The number of hydrogen-bond acceptors (Lipinski definition) is 4. The van der Waals surface area contributed by atoms with E-state index in [4.69, 9.17) is 0 Å². The standard InChI is InChI=1S/C7H15F2N3OS/c1-12(3-4-14-2)5-7(8,9)6(13)11-10/h3-5,10H2,1-2H3,(H,11,13). The van der Waals surface area contributed by atoms with Crippen molar-refractivity contribution in [3.8, 4) is 0 Å². The van der Waals surface area contributed by atoms with Crippen LogP contribution in [0.15, 0.2) is 0 Å². The van der Waals surface area contributed by atoms with Gasteiger partial charge in [-0.1, -0.05) is 0 Å². The molecule has 0 rings (SSSR count). The van der Waals surface area contributed by atoms with E-state index in [-0.39, 0.29) is 0 Å². The summed E-state index contributed by atoms with van der Waals surface area (Å²) in [6.45, 7) is -0.106. The van der Waals surface area contributed by atoms with E-state index >= 15 is 0 Å². The smallest absolute Gasteiger partial charge is 0.299 e. The van der Waals surface area contributed by atoms with Gasteiger partial charge >= 0.3 is 11.8 Å². The number of hydrogen-bond donors (Lipinski definition) is 2. The van der Waals surface area contributed by atoms with E-state index in [9.17, 15) is 13.6 Å². The number of nitrogens with two attached hydrogens (primary N) is 1. The Kier molecular flexibility index (Phi) is 5.98. The van der Waals surface area contributed by atoms with Gasteiger partial charge in [0, 0.05) is 12.3 Å². The van der Waals surface area contributed by atoms with Gasteiger partial charge in [0.2, 0.25) is 0 Å². The molecular formula is C7H15F2N3OS. The lowest BCUT2D eigenvalue weighted by atomic mass is 10.3. The van der Waals surface area contributed by atoms with Crippen LogP contribution in [0.5, 0.6) is 0 Å². The summed E-state index contributed by atoms with van der Waals surface area (Å²) in [7, 11) is 1.54. The summed E-state index contributed by atoms with van der Waals surface area (Å²) in [5, 5.41) is 0. The molecule has 0 spiro atoms. The summed E-state index contributed by atoms with van der Waals surface area (Å²) < 4.78 is 25.9. The zero-order chi connectivity index (χ0) is 11.2. The van der Waals surface area contributed by atoms with E-state index in [2.05, 4.69) is 5.84 Å². The van der Waals surface area contributed by atoms with Crippen molar-refractivity contribution in [2.45, 2.75) is 5.92 Å². The minimum Gasteiger partial charge on any atom is -0.299 e. The van der Waals surface area contributed by atoms with Crippen molar-refractivity contribution < 1.29 is 13.6 Å². The first-order valence-corrected chi connectivity index (χ1v) is 5.39. The van der Waals surface area contributed by atoms with Crippen LogP contribution < -0.4 is 11.3 Å². The van der Waals surface area contributed by atoms with Crippen molar-refractivity contribution >= 4 is 17.7 Å². The molecule has 0 atom stereocenters. The topological polar surface area (TPSA) is 58.4 Å². The van der Waals surface area contributed by atoms with E-state index in [1.807, 2.05) is 6.26 Å². The molecule has 0 unspecified atom stereocenters. The lowest BCUT2D eigenvalue weighted by Gasteiger charge is -2.21. The van der Waals surface area contributed by atoms with Crippen molar-refractivity contribution in [1.82, 2.24) is 10.3 Å². The second-order valence-corrected chi connectivity index (χ2v) is 3.89. The van der Waals surface area contributed by atoms with Gasteiger partial charge in [0.1, 0.15) is 0 Å². The van der Waals surface area contributed by atoms with Crippen LogP contribution in [0.2, 0.25) is 0 Å². The fourth-order valence-electron chi connectivity index (χ4n) is 0.843. The van der Waals surface area contributed by atoms with Crippen molar-refractivity contribution in [3.05, 3.63) is 0 Å². The second kappa shape index (κ2) is 6.15. The molecule has 14 heavy (non-hydrogen) atoms. The summed E-state index contributed by atoms with van der Waals surface area (Å²) in [6.07, 6.45) is 1.89. The number of thioether (sulfide) groups is 1. The molecule has 0 radical (unpaired) electrons. The molecule has 0 aliphatic rings. The number of nitrogens with zero attached hydrogens (tertiary/aromatic N) is 1. The number of alkyl halides is 2. The molecule has 4 nitrogen and oxygen atoms in total. The zero-order valence-corrected chi connectivity index (χ0v) is 9.03. The Balaban J connectivity index is 4.01. The highest BCUT2D eigenvalue weighted by Gasteiger charge is 2.39. The molecule has 0 saturated heterocycles. The Bertz CT molecular complexity index is 192. The van der Waals surface area contributed by atoms with Gasteiger partial charge in [0.05, 0.1) is 6.54 Å². The first kappa shape index (κ1) is 13.6. The van der Waals surface area contributed by atoms with Crippen LogP contribution in [-0.4, -0.2) is 48.9 Å². The summed E-state index contributed by atoms with van der Waals surface area (Å²) in [5.74, 6) is 0.500. The molecule has 0 heterocycles. The van der Waals surface area contributed by atoms with Gasteiger partial charge in [-0.25, -0.2) is 5.84 Å². The fourth-order valence-corrected chi connectivity index (χ4v) is 1.34. The van der Waals surface area contributed by atoms with Crippen LogP contribution in [0.4, 0.5) is 8.78 Å². The molecule has 0 aliphatic heterocycles. The number of carbonyl (C=O) groups is 1. The minimum atomic E-state index is -3.43. The van der Waals surface area contributed by atoms with E-state index in [0.717, 1.165) is 5.75 Å². The third-order valence-electron chi connectivity index (χ3n) is 1.61. The highest BCUT2D eigenvalue weighted by molar-refractivity contribution is 7.98. The van der Waals surface area contributed by atoms with Gasteiger partial charge in [-0.05, 0) is 13.3 Å². The van der Waals surface area contributed by atoms with Crippen LogP contribution in [0.25, 0.3) is 0 Å². The predicted molar refractivity (Wildman–Crippen MR) is 53.2 cm³/mol. The molecular weight excluding hydrogens is 212 g/mol. The average molecular weight is 227 g/mol. The SMILES string of the molecule is CSCCN(C)CC(F)(F)C(=O)NN. The third kappa shape index (κ3) is 4.73. The maximum Gasteiger partial charge on any atom is 0.338 e. The lowest BCUT2D eigenvalue weighted by molar-refractivity contribution is -0.147. The number of nitrogens with one attached hydrogen (secondary N) is 1. The van der Waals surface area contributed by atoms with Crippen molar-refractivity contribution in [3.63, 3.8) is 0 Å². The van der Waals surface area contributed by atoms with Crippen LogP contribution in [0.1, 0.15) is 0 Å². The van der Waals surface area contributed by atoms with Gasteiger partial charge in [0.15, 0.2) is 0 Å². The van der Waals surface area contributed by atoms with Crippen molar-refractivity contribution in [2.75, 3.05) is 32.1 Å². The second-order valence-electron chi connectivity index (χ2n) is 2.91. The molecule has 3 N–H and O–H groups in total. The molecule has 0 aromatic carbocycles. The number of rotatable bonds is 6. The molecule has 7 heteroatoms. The first-order chi connectivity index (χ1) is 6.44. The van der Waals surface area contributed by atoms with Gasteiger partial charge in [-0.3, -0.25) is 15.1 Å². The van der Waals surface area contributed by atoms with Crippen LogP contribution >= 0.6 is 11.8 Å². The zero-order valence-electron chi connectivity index (χ0n) is 8.22. The molecule has 84 valence electrons. The Morgan fingerprint density at radius 1 is 1.64 bits per heavy atom. The average Bonchev–Trinajstić information content (AvgIpc) is 2.12. The fraction of sp³-hybridized carbons (Fsp3) is 0.857. The molecule has 0 aromatic rings. The Morgan fingerprint density at radius 3 is 2.64 bits per heavy atom. The Hall–Kier alpha value is -0.400. The third-order valence-corrected chi connectivity index (χ3v) is 2.20. The molecule has 0 saturated carbocycles. The van der Waals surface area contributed by atoms with E-state index < -0.39 is 18.4 Å². The lowest BCUT2D eigenvalue weighted by Crippen LogP contribution is -2.49. The summed E-state index contributed by atoms with van der Waals surface area (Å²) in [4.78, 5) is 12.0. The van der Waals surface area contributed by atoms with Gasteiger partial charge in [0.25, 0.3) is 0 Å². The highest BCUT2D eigenvalue weighted by atomic mass is 32.2. The maximum absolute atomic E-state index is 13.0. The number of hydrazine groups is 1. The number of halogens is 2. The Morgan fingerprint density at radius 2 is 2.21 bits per heavy atom. The van der Waals surface area contributed by atoms with Gasteiger partial charge < -0.3 is 0 Å². The Labute approximate surface area is 86.2 Å². The number of amides is 1. The van der Waals surface area contributed by atoms with Gasteiger partial charge in [-0.15, -0.1) is 0 Å². The monoisotopic (exact) mass is 227 g/mol. The van der Waals surface area contributed by atoms with E-state index in [0.29, 0.717) is 6.54 Å². The minimum absolute atomic E-state index is 0.509. The normalized spacial score (nSPS) is 11.9. The highest BCUT2D eigenvalue weighted by Crippen LogP contribution is 2.14. The van der Waals surface area contributed by atoms with E-state index in [1.165, 1.54) is 17.4 Å². The molecule has 0 aromatic heterocycles. The van der Waals surface area contributed by atoms with Crippen LogP contribution in [0.3, 0.4) is 0 Å². The largest absolute Gasteiger partial charge is 0.338 e. The van der Waals surface area contributed by atoms with Crippen LogP contribution in [0, 0.1) is 0 Å².